The van der Waals surface area contributed by atoms with Gasteiger partial charge in [-0.3, -0.25) is 0 Å². The molecule has 0 aliphatic carbocycles. The van der Waals surface area contributed by atoms with Crippen LogP contribution in [0.15, 0.2) is 36.6 Å². The molecule has 0 bridgehead atoms. The van der Waals surface area contributed by atoms with E-state index in [2.05, 4.69) is 13.2 Å². The van der Waals surface area contributed by atoms with Gasteiger partial charge in [0, 0.05) is 11.1 Å². The molecule has 0 aromatic heterocycles. The predicted molar refractivity (Wildman–Crippen MR) is 68.3 cm³/mol. The molecule has 0 aromatic rings. The number of rotatable bonds is 3. The maximum atomic E-state index is 9.60. The second kappa shape index (κ2) is 13.0. The van der Waals surface area contributed by atoms with Crippen LogP contribution in [0.25, 0.3) is 0 Å². The van der Waals surface area contributed by atoms with Crippen molar-refractivity contribution in [2.24, 2.45) is 0 Å². The minimum atomic E-state index is -0.935. The van der Waals surface area contributed by atoms with Crippen LogP contribution in [0.1, 0.15) is 20.8 Å². The summed E-state index contributed by atoms with van der Waals surface area (Å²) in [5, 5.41) is 32.0. The fraction of sp³-hybridized carbons (Fsp3) is 0.333. The molecule has 6 heteroatoms. The van der Waals surface area contributed by atoms with Gasteiger partial charge < -0.3 is 20.4 Å². The summed E-state index contributed by atoms with van der Waals surface area (Å²) < 4.78 is 0. The van der Waals surface area contributed by atoms with E-state index < -0.39 is 18.0 Å². The molecule has 0 heterocycles. The number of aliphatic hydroxyl groups is 2. The maximum Gasteiger partial charge on any atom is 0.330 e. The SMILES string of the molecule is C=C(C)C(=O)O.C=C(C)C(=O)O.CC(O)C=CO. The maximum absolute atomic E-state index is 9.60. The molecule has 0 aliphatic heterocycles. The highest BCUT2D eigenvalue weighted by atomic mass is 16.4. The molecule has 0 amide bonds. The molecule has 0 spiro atoms. The highest BCUT2D eigenvalue weighted by molar-refractivity contribution is 5.85. The smallest absolute Gasteiger partial charge is 0.330 e. The third-order valence-corrected chi connectivity index (χ3v) is 1.09. The standard InChI is InChI=1S/C4H8O2.2C4H6O2/c1-4(6)2-3-5;2*1-3(2)4(5)6/h2-6H,1H3;2*1H2,2H3,(H,5,6). The molecule has 0 aromatic carbocycles. The molecular formula is C12H20O6. The van der Waals surface area contributed by atoms with Crippen molar-refractivity contribution in [1.29, 1.82) is 0 Å². The lowest BCUT2D eigenvalue weighted by Gasteiger charge is -1.86. The summed E-state index contributed by atoms with van der Waals surface area (Å²) in [6.07, 6.45) is 1.57. The Bertz CT molecular complexity index is 267. The Morgan fingerprint density at radius 2 is 1.28 bits per heavy atom. The predicted octanol–water partition coefficient (Wildman–Crippen LogP) is 1.73. The van der Waals surface area contributed by atoms with E-state index in [9.17, 15) is 9.59 Å². The van der Waals surface area contributed by atoms with Crippen LogP contribution in [0.2, 0.25) is 0 Å². The lowest BCUT2D eigenvalue weighted by atomic mass is 10.4. The zero-order valence-corrected chi connectivity index (χ0v) is 10.8. The van der Waals surface area contributed by atoms with Crippen LogP contribution in [0.5, 0.6) is 0 Å². The topological polar surface area (TPSA) is 115 Å². The number of hydrogen-bond acceptors (Lipinski definition) is 4. The van der Waals surface area contributed by atoms with E-state index >= 15 is 0 Å². The van der Waals surface area contributed by atoms with Crippen LogP contribution in [-0.4, -0.2) is 38.5 Å². The summed E-state index contributed by atoms with van der Waals surface area (Å²) in [4.78, 5) is 19.2. The van der Waals surface area contributed by atoms with Gasteiger partial charge in [0.15, 0.2) is 0 Å². The molecule has 18 heavy (non-hydrogen) atoms. The fourth-order valence-corrected chi connectivity index (χ4v) is 0.125. The van der Waals surface area contributed by atoms with Crippen LogP contribution in [0.3, 0.4) is 0 Å². The van der Waals surface area contributed by atoms with Crippen LogP contribution in [-0.2, 0) is 9.59 Å². The molecule has 6 nitrogen and oxygen atoms in total. The van der Waals surface area contributed by atoms with Crippen LogP contribution in [0.4, 0.5) is 0 Å². The van der Waals surface area contributed by atoms with E-state index in [0.717, 1.165) is 6.26 Å². The van der Waals surface area contributed by atoms with E-state index in [1.165, 1.54) is 19.9 Å². The van der Waals surface area contributed by atoms with Crippen molar-refractivity contribution in [1.82, 2.24) is 0 Å². The lowest BCUT2D eigenvalue weighted by Crippen LogP contribution is -1.92. The van der Waals surface area contributed by atoms with Crippen molar-refractivity contribution in [3.8, 4) is 0 Å². The van der Waals surface area contributed by atoms with Crippen molar-refractivity contribution in [3.63, 3.8) is 0 Å². The van der Waals surface area contributed by atoms with Gasteiger partial charge in [0.25, 0.3) is 0 Å². The van der Waals surface area contributed by atoms with Gasteiger partial charge in [-0.05, 0) is 26.8 Å². The Labute approximate surface area is 106 Å². The van der Waals surface area contributed by atoms with E-state index in [4.69, 9.17) is 20.4 Å². The molecule has 0 aliphatic rings. The first kappa shape index (κ1) is 21.2. The molecule has 0 saturated carbocycles. The summed E-state index contributed by atoms with van der Waals surface area (Å²) in [6, 6.07) is 0. The number of aliphatic carboxylic acids is 2. The summed E-state index contributed by atoms with van der Waals surface area (Å²) in [5.41, 5.74) is 0.352. The Hall–Kier alpha value is -2.08. The van der Waals surface area contributed by atoms with Gasteiger partial charge in [-0.25, -0.2) is 9.59 Å². The second-order valence-corrected chi connectivity index (χ2v) is 3.25. The Morgan fingerprint density at radius 3 is 1.28 bits per heavy atom. The summed E-state index contributed by atoms with van der Waals surface area (Å²) in [6.45, 7) is 10.8. The molecule has 4 N–H and O–H groups in total. The Morgan fingerprint density at radius 1 is 1.06 bits per heavy atom. The Kier molecular flexibility index (Phi) is 15.3. The van der Waals surface area contributed by atoms with Crippen LogP contribution in [0, 0.1) is 0 Å². The van der Waals surface area contributed by atoms with Crippen LogP contribution < -0.4 is 0 Å². The lowest BCUT2D eigenvalue weighted by molar-refractivity contribution is -0.133. The van der Waals surface area contributed by atoms with Gasteiger partial charge in [0.2, 0.25) is 0 Å². The number of aliphatic hydroxyl groups excluding tert-OH is 2. The van der Waals surface area contributed by atoms with E-state index in [1.807, 2.05) is 0 Å². The molecule has 0 radical (unpaired) electrons. The second-order valence-electron chi connectivity index (χ2n) is 3.25. The first-order chi connectivity index (χ1) is 8.06. The first-order valence-corrected chi connectivity index (χ1v) is 4.82. The zero-order valence-electron chi connectivity index (χ0n) is 10.8. The van der Waals surface area contributed by atoms with Gasteiger partial charge in [-0.2, -0.15) is 0 Å². The molecule has 0 saturated heterocycles. The van der Waals surface area contributed by atoms with Crippen molar-refractivity contribution in [2.45, 2.75) is 26.9 Å². The third kappa shape index (κ3) is 29.2. The zero-order chi connectivity index (χ0) is 15.3. The van der Waals surface area contributed by atoms with Crippen molar-refractivity contribution < 1.29 is 30.0 Å². The molecule has 0 rings (SSSR count). The Balaban J connectivity index is -0.000000187. The molecular weight excluding hydrogens is 240 g/mol. The minimum Gasteiger partial charge on any atom is -0.516 e. The van der Waals surface area contributed by atoms with Gasteiger partial charge in [0.05, 0.1) is 12.4 Å². The molecule has 1 unspecified atom stereocenters. The summed E-state index contributed by atoms with van der Waals surface area (Å²) in [7, 11) is 0. The van der Waals surface area contributed by atoms with Gasteiger partial charge in [0.1, 0.15) is 0 Å². The van der Waals surface area contributed by atoms with Gasteiger partial charge in [-0.15, -0.1) is 0 Å². The van der Waals surface area contributed by atoms with Gasteiger partial charge in [-0.1, -0.05) is 13.2 Å². The summed E-state index contributed by atoms with van der Waals surface area (Å²) in [5.74, 6) is -1.87. The highest BCUT2D eigenvalue weighted by Crippen LogP contribution is 1.81. The normalized spacial score (nSPS) is 10.2. The number of hydrogen-bond donors (Lipinski definition) is 4. The van der Waals surface area contributed by atoms with E-state index in [0.29, 0.717) is 0 Å². The largest absolute Gasteiger partial charge is 0.516 e. The molecule has 1 atom stereocenters. The van der Waals surface area contributed by atoms with E-state index in [-0.39, 0.29) is 11.1 Å². The number of carbonyl (C=O) groups is 2. The summed E-state index contributed by atoms with van der Waals surface area (Å²) >= 11 is 0. The van der Waals surface area contributed by atoms with Crippen molar-refractivity contribution >= 4 is 11.9 Å². The number of carboxylic acids is 2. The fourth-order valence-electron chi connectivity index (χ4n) is 0.125. The van der Waals surface area contributed by atoms with Crippen molar-refractivity contribution in [2.75, 3.05) is 0 Å². The number of carboxylic acid groups (broad SMARTS) is 2. The molecule has 0 fully saturated rings. The van der Waals surface area contributed by atoms with Gasteiger partial charge >= 0.3 is 11.9 Å². The quantitative estimate of drug-likeness (QED) is 0.454. The van der Waals surface area contributed by atoms with Crippen molar-refractivity contribution in [3.05, 3.63) is 36.6 Å². The highest BCUT2D eigenvalue weighted by Gasteiger charge is 1.90. The van der Waals surface area contributed by atoms with Crippen LogP contribution >= 0.6 is 0 Å². The first-order valence-electron chi connectivity index (χ1n) is 4.82. The minimum absolute atomic E-state index is 0.176. The average molecular weight is 260 g/mol. The average Bonchev–Trinajstić information content (AvgIpc) is 2.18. The third-order valence-electron chi connectivity index (χ3n) is 1.09. The monoisotopic (exact) mass is 260 g/mol. The van der Waals surface area contributed by atoms with E-state index in [1.54, 1.807) is 6.92 Å². The molecule has 104 valence electrons.